The summed E-state index contributed by atoms with van der Waals surface area (Å²) in [6, 6.07) is 9.03. The molecule has 5 N–H and O–H groups in total. The Balaban J connectivity index is 0.000000871. The van der Waals surface area contributed by atoms with E-state index < -0.39 is 0 Å². The largest absolute Gasteiger partial charge is 0.466 e. The molecule has 5 rings (SSSR count). The van der Waals surface area contributed by atoms with Gasteiger partial charge in [-0.1, -0.05) is 29.8 Å². The van der Waals surface area contributed by atoms with Gasteiger partial charge in [0.2, 0.25) is 0 Å². The second-order valence-corrected chi connectivity index (χ2v) is 7.31. The molecule has 0 amide bonds. The lowest BCUT2D eigenvalue weighted by Gasteiger charge is -2.48. The highest BCUT2D eigenvalue weighted by atomic mass is 35.5. The smallest absolute Gasteiger partial charge is 0.336 e. The van der Waals surface area contributed by atoms with Crippen LogP contribution in [0.15, 0.2) is 47.2 Å². The number of nitrogens with zero attached hydrogens (tertiary/aromatic N) is 1. The fraction of sp³-hybridized carbons (Fsp3) is 0.450. The lowest BCUT2D eigenvalue weighted by molar-refractivity contribution is -0.137. The Morgan fingerprint density at radius 3 is 2.78 bits per heavy atom. The second-order valence-electron chi connectivity index (χ2n) is 7.31. The van der Waals surface area contributed by atoms with Gasteiger partial charge in [-0.2, -0.15) is 0 Å². The Morgan fingerprint density at radius 2 is 2.07 bits per heavy atom. The monoisotopic (exact) mass is 394 g/mol. The molecule has 1 spiro atoms. The number of nitrogens with one attached hydrogen (secondary N) is 1. The van der Waals surface area contributed by atoms with Crippen molar-refractivity contribution in [1.29, 1.82) is 0 Å². The van der Waals surface area contributed by atoms with Gasteiger partial charge in [0.25, 0.3) is 0 Å². The van der Waals surface area contributed by atoms with Crippen molar-refractivity contribution in [2.75, 3.05) is 25.5 Å². The first-order chi connectivity index (χ1) is 11.7. The molecule has 7 heteroatoms. The van der Waals surface area contributed by atoms with E-state index in [1.54, 1.807) is 0 Å². The topological polar surface area (TPSA) is 105 Å². The molecule has 3 aliphatic heterocycles. The zero-order valence-corrected chi connectivity index (χ0v) is 16.4. The summed E-state index contributed by atoms with van der Waals surface area (Å²) >= 11 is 0. The van der Waals surface area contributed by atoms with Gasteiger partial charge in [-0.3, -0.25) is 4.90 Å². The van der Waals surface area contributed by atoms with Gasteiger partial charge >= 0.3 is 5.97 Å². The van der Waals surface area contributed by atoms with Crippen molar-refractivity contribution in [2.24, 2.45) is 5.92 Å². The maximum atomic E-state index is 12.7. The number of hydrogen-bond acceptors (Lipinski definition) is 4. The van der Waals surface area contributed by atoms with Crippen molar-refractivity contribution in [3.8, 4) is 0 Å². The molecule has 2 fully saturated rings. The van der Waals surface area contributed by atoms with E-state index in [9.17, 15) is 4.79 Å². The third kappa shape index (κ3) is 2.48. The highest BCUT2D eigenvalue weighted by Gasteiger charge is 2.62. The molecule has 3 atom stereocenters. The molecule has 0 unspecified atom stereocenters. The molecule has 0 saturated carbocycles. The minimum absolute atomic E-state index is 0. The van der Waals surface area contributed by atoms with Gasteiger partial charge in [-0.05, 0) is 31.4 Å². The quantitative estimate of drug-likeness (QED) is 0.576. The standard InChI is InChI=1S/C20H22N2O2.ClH.2H2O/c1-3-12-11-22-9-8-20-14-6-4-5-7-15(14)21-18(20)17(19(23)24-2)13(12)10-16(20)22;;;/h3-7,13,16,21H,8-11H2,1-2H3;1H;2*1H2/b12-3-;;;/t13-,16-,20+;;;/m0.../s1. The Hall–Kier alpha value is -1.86. The summed E-state index contributed by atoms with van der Waals surface area (Å²) in [5.74, 6) is 0.0135. The van der Waals surface area contributed by atoms with E-state index in [0.29, 0.717) is 6.04 Å². The molecular formula is C20H27ClN2O4. The average Bonchev–Trinajstić information content (AvgIpc) is 3.17. The van der Waals surface area contributed by atoms with E-state index in [1.165, 1.54) is 18.2 Å². The maximum absolute atomic E-state index is 12.7. The van der Waals surface area contributed by atoms with E-state index in [0.717, 1.165) is 42.9 Å². The van der Waals surface area contributed by atoms with Crippen LogP contribution in [-0.2, 0) is 14.9 Å². The van der Waals surface area contributed by atoms with Gasteiger partial charge < -0.3 is 21.0 Å². The number of methoxy groups -OCH3 is 1. The molecule has 1 aliphatic carbocycles. The van der Waals surface area contributed by atoms with Crippen LogP contribution >= 0.6 is 12.4 Å². The summed E-state index contributed by atoms with van der Waals surface area (Å²) < 4.78 is 5.21. The Labute approximate surface area is 165 Å². The Morgan fingerprint density at radius 1 is 1.33 bits per heavy atom. The summed E-state index contributed by atoms with van der Waals surface area (Å²) in [6.45, 7) is 4.15. The van der Waals surface area contributed by atoms with E-state index in [2.05, 4.69) is 47.5 Å². The number of fused-ring (bicyclic) bond motifs is 2. The summed E-state index contributed by atoms with van der Waals surface area (Å²) in [4.78, 5) is 15.3. The molecule has 6 nitrogen and oxygen atoms in total. The summed E-state index contributed by atoms with van der Waals surface area (Å²) in [5.41, 5.74) is 5.78. The van der Waals surface area contributed by atoms with Crippen molar-refractivity contribution in [3.63, 3.8) is 0 Å². The number of para-hydroxylation sites is 1. The van der Waals surface area contributed by atoms with Crippen molar-refractivity contribution < 1.29 is 20.5 Å². The third-order valence-electron chi connectivity index (χ3n) is 6.60. The van der Waals surface area contributed by atoms with E-state index in [4.69, 9.17) is 4.74 Å². The Kier molecular flexibility index (Phi) is 5.78. The fourth-order valence-corrected chi connectivity index (χ4v) is 5.61. The molecule has 2 saturated heterocycles. The molecule has 4 aliphatic rings. The van der Waals surface area contributed by atoms with Gasteiger partial charge in [0, 0.05) is 36.4 Å². The van der Waals surface area contributed by atoms with Crippen LogP contribution in [0.4, 0.5) is 5.69 Å². The van der Waals surface area contributed by atoms with Crippen LogP contribution in [0.1, 0.15) is 25.3 Å². The molecule has 27 heavy (non-hydrogen) atoms. The van der Waals surface area contributed by atoms with Crippen LogP contribution in [0.25, 0.3) is 0 Å². The van der Waals surface area contributed by atoms with Crippen LogP contribution in [-0.4, -0.2) is 48.1 Å². The van der Waals surface area contributed by atoms with Gasteiger partial charge in [-0.25, -0.2) is 4.79 Å². The van der Waals surface area contributed by atoms with Crippen molar-refractivity contribution in [1.82, 2.24) is 4.90 Å². The summed E-state index contributed by atoms with van der Waals surface area (Å²) in [7, 11) is 1.50. The van der Waals surface area contributed by atoms with Crippen LogP contribution in [0.3, 0.4) is 0 Å². The first kappa shape index (κ1) is 21.4. The van der Waals surface area contributed by atoms with Gasteiger partial charge in [0.05, 0.1) is 18.1 Å². The van der Waals surface area contributed by atoms with Gasteiger partial charge in [0.1, 0.15) is 0 Å². The Bertz CT molecular complexity index is 822. The second kappa shape index (κ2) is 7.28. The molecule has 1 aromatic rings. The van der Waals surface area contributed by atoms with Crippen molar-refractivity contribution in [2.45, 2.75) is 31.2 Å². The number of piperidine rings is 1. The minimum atomic E-state index is -0.173. The van der Waals surface area contributed by atoms with Gasteiger partial charge in [0.15, 0.2) is 0 Å². The number of carbonyl (C=O) groups is 1. The van der Waals surface area contributed by atoms with E-state index >= 15 is 0 Å². The third-order valence-corrected chi connectivity index (χ3v) is 6.60. The van der Waals surface area contributed by atoms with Crippen LogP contribution in [0, 0.1) is 5.92 Å². The van der Waals surface area contributed by atoms with Crippen LogP contribution in [0.5, 0.6) is 0 Å². The van der Waals surface area contributed by atoms with Crippen LogP contribution < -0.4 is 5.32 Å². The number of halogens is 1. The number of rotatable bonds is 1. The molecular weight excluding hydrogens is 368 g/mol. The normalized spacial score (nSPS) is 31.0. The number of allylic oxidation sites excluding steroid dienone is 1. The molecule has 1 aromatic carbocycles. The van der Waals surface area contributed by atoms with E-state index in [-0.39, 0.29) is 40.7 Å². The SMILES string of the molecule is C/C=C1/CN2CC[C@]34C(=C(C(=O)OC)[C@H]1C[C@H]23)Nc1ccccc14.Cl.O.O. The number of ether oxygens (including phenoxy) is 1. The van der Waals surface area contributed by atoms with Crippen LogP contribution in [0.2, 0.25) is 0 Å². The highest BCUT2D eigenvalue weighted by molar-refractivity contribution is 5.94. The predicted molar refractivity (Wildman–Crippen MR) is 107 cm³/mol. The lowest BCUT2D eigenvalue weighted by Crippen LogP contribution is -2.53. The van der Waals surface area contributed by atoms with E-state index in [1.807, 2.05) is 0 Å². The number of benzene rings is 1. The van der Waals surface area contributed by atoms with Gasteiger partial charge in [-0.15, -0.1) is 12.4 Å². The molecule has 148 valence electrons. The summed E-state index contributed by atoms with van der Waals surface area (Å²) in [6.07, 6.45) is 4.28. The maximum Gasteiger partial charge on any atom is 0.336 e. The molecule has 0 radical (unpaired) electrons. The fourth-order valence-electron chi connectivity index (χ4n) is 5.61. The average molecular weight is 395 g/mol. The highest BCUT2D eigenvalue weighted by Crippen LogP contribution is 2.61. The first-order valence-electron chi connectivity index (χ1n) is 8.79. The lowest BCUT2D eigenvalue weighted by atomic mass is 9.62. The summed E-state index contributed by atoms with van der Waals surface area (Å²) in [5, 5.41) is 3.62. The zero-order valence-electron chi connectivity index (χ0n) is 15.5. The predicted octanol–water partition coefficient (Wildman–Crippen LogP) is 1.60. The minimum Gasteiger partial charge on any atom is -0.466 e. The molecule has 3 heterocycles. The number of esters is 1. The number of anilines is 1. The first-order valence-corrected chi connectivity index (χ1v) is 8.79. The molecule has 2 bridgehead atoms. The number of hydrogen-bond donors (Lipinski definition) is 1. The van der Waals surface area contributed by atoms with Crippen molar-refractivity contribution in [3.05, 3.63) is 52.7 Å². The zero-order chi connectivity index (χ0) is 16.5. The molecule has 0 aromatic heterocycles. The van der Waals surface area contributed by atoms with Crippen molar-refractivity contribution >= 4 is 24.1 Å². The number of carbonyl (C=O) groups excluding carboxylic acids is 1.